The van der Waals surface area contributed by atoms with E-state index in [1.807, 2.05) is 0 Å². The summed E-state index contributed by atoms with van der Waals surface area (Å²) in [5.74, 6) is 0. The summed E-state index contributed by atoms with van der Waals surface area (Å²) in [4.78, 5) is 3.84. The summed E-state index contributed by atoms with van der Waals surface area (Å²) < 4.78 is 42.5. The van der Waals surface area contributed by atoms with E-state index in [1.165, 1.54) is 0 Å². The predicted octanol–water partition coefficient (Wildman–Crippen LogP) is -1.83. The number of rotatable bonds is 3. The van der Waals surface area contributed by atoms with Crippen molar-refractivity contribution in [2.75, 3.05) is 45.8 Å². The van der Waals surface area contributed by atoms with Gasteiger partial charge < -0.3 is 22.6 Å². The van der Waals surface area contributed by atoms with E-state index in [4.69, 9.17) is 4.74 Å². The Morgan fingerprint density at radius 1 is 1.11 bits per heavy atom. The van der Waals surface area contributed by atoms with Gasteiger partial charge in [0.15, 0.2) is 0 Å². The van der Waals surface area contributed by atoms with Crippen LogP contribution in [0, 0.1) is 0 Å². The molecule has 2 aliphatic rings. The number of hydrogen-bond acceptors (Lipinski definition) is 3. The van der Waals surface area contributed by atoms with Crippen LogP contribution in [-0.4, -0.2) is 68.7 Å². The Morgan fingerprint density at radius 3 is 2.39 bits per heavy atom. The Balaban J connectivity index is 0.00000162. The smallest absolute Gasteiger partial charge is 0.448 e. The summed E-state index contributed by atoms with van der Waals surface area (Å²) in [6, 6.07) is 0.283. The van der Waals surface area contributed by atoms with Crippen LogP contribution >= 0.6 is 0 Å². The number of piperidine rings is 1. The first-order chi connectivity index (χ1) is 8.04. The molecule has 2 rings (SSSR count). The molecule has 0 amide bonds. The monoisotopic (exact) mass is 290 g/mol. The van der Waals surface area contributed by atoms with Crippen molar-refractivity contribution in [1.82, 2.24) is 9.80 Å². The first-order valence-electron chi connectivity index (χ1n) is 6.30. The van der Waals surface area contributed by atoms with Crippen molar-refractivity contribution < 1.29 is 69.1 Å². The van der Waals surface area contributed by atoms with Crippen molar-refractivity contribution in [2.45, 2.75) is 18.9 Å². The van der Waals surface area contributed by atoms with Gasteiger partial charge in [-0.15, -0.1) is 0 Å². The third-order valence-corrected chi connectivity index (χ3v) is 3.51. The van der Waals surface area contributed by atoms with Crippen molar-refractivity contribution in [3.63, 3.8) is 0 Å². The summed E-state index contributed by atoms with van der Waals surface area (Å²) in [5.41, 5.74) is 0. The van der Waals surface area contributed by atoms with Crippen molar-refractivity contribution in [3.05, 3.63) is 0 Å². The Hall–Kier alpha value is 1.37. The minimum absolute atomic E-state index is 0. The van der Waals surface area contributed by atoms with Crippen molar-refractivity contribution >= 4 is 6.98 Å². The number of likely N-dealkylation sites (tertiary alicyclic amines) is 1. The van der Waals surface area contributed by atoms with Gasteiger partial charge in [-0.2, -0.15) is 0 Å². The zero-order chi connectivity index (χ0) is 12.3. The topological polar surface area (TPSA) is 15.7 Å². The molecule has 100 valence electrons. The standard InChI is InChI=1S/C10H19BF3N2O.K/c12-11(13,14)9-15-3-1-2-10(8-15)16-4-6-17-7-5-16;/h10H,1-9H2;/q-1;+1. The molecule has 0 aromatic carbocycles. The summed E-state index contributed by atoms with van der Waals surface area (Å²) in [6.45, 7) is -0.419. The maximum Gasteiger partial charge on any atom is 1.00 e. The van der Waals surface area contributed by atoms with Crippen LogP contribution in [0.3, 0.4) is 0 Å². The third kappa shape index (κ3) is 5.78. The first-order valence-corrected chi connectivity index (χ1v) is 6.30. The van der Waals surface area contributed by atoms with Gasteiger partial charge in [-0.3, -0.25) is 4.90 Å². The van der Waals surface area contributed by atoms with E-state index in [0.29, 0.717) is 26.3 Å². The normalized spacial score (nSPS) is 27.8. The molecule has 0 bridgehead atoms. The van der Waals surface area contributed by atoms with Crippen LogP contribution in [0.15, 0.2) is 0 Å². The van der Waals surface area contributed by atoms with Crippen LogP contribution in [0.1, 0.15) is 12.8 Å². The van der Waals surface area contributed by atoms with E-state index in [1.54, 1.807) is 4.90 Å². The molecule has 0 N–H and O–H groups in total. The third-order valence-electron chi connectivity index (χ3n) is 3.51. The van der Waals surface area contributed by atoms with Gasteiger partial charge in [-0.05, 0) is 25.8 Å². The summed E-state index contributed by atoms with van der Waals surface area (Å²) in [7, 11) is 0. The Bertz CT molecular complexity index is 252. The molecule has 0 aromatic heterocycles. The van der Waals surface area contributed by atoms with Crippen LogP contribution in [0.4, 0.5) is 12.9 Å². The summed E-state index contributed by atoms with van der Waals surface area (Å²) >= 11 is 0. The molecule has 0 spiro atoms. The molecule has 18 heavy (non-hydrogen) atoms. The fourth-order valence-electron chi connectivity index (χ4n) is 2.73. The molecule has 2 fully saturated rings. The summed E-state index contributed by atoms with van der Waals surface area (Å²) in [5, 5.41) is 0. The van der Waals surface area contributed by atoms with Gasteiger partial charge in [-0.25, -0.2) is 0 Å². The van der Waals surface area contributed by atoms with Gasteiger partial charge in [0.25, 0.3) is 0 Å². The Labute approximate surface area is 149 Å². The zero-order valence-corrected chi connectivity index (χ0v) is 14.1. The molecule has 2 saturated heterocycles. The molecule has 8 heteroatoms. The largest absolute Gasteiger partial charge is 1.00 e. The summed E-state index contributed by atoms with van der Waals surface area (Å²) in [6.07, 6.45) is 1.18. The average molecular weight is 290 g/mol. The first kappa shape index (κ1) is 17.4. The van der Waals surface area contributed by atoms with E-state index < -0.39 is 13.4 Å². The molecular formula is C10H19BF3KN2O. The minimum atomic E-state index is -4.69. The van der Waals surface area contributed by atoms with E-state index in [9.17, 15) is 12.9 Å². The number of hydrogen-bond donors (Lipinski definition) is 0. The second-order valence-corrected chi connectivity index (χ2v) is 4.91. The van der Waals surface area contributed by atoms with Crippen molar-refractivity contribution in [2.24, 2.45) is 0 Å². The molecule has 1 unspecified atom stereocenters. The molecule has 0 radical (unpaired) electrons. The van der Waals surface area contributed by atoms with Crippen LogP contribution in [-0.2, 0) is 4.74 Å². The molecule has 0 saturated carbocycles. The molecule has 1 atom stereocenters. The number of nitrogens with zero attached hydrogens (tertiary/aromatic N) is 2. The SMILES string of the molecule is F[B-](F)(F)CN1CCCC(N2CCOCC2)C1.[K+]. The zero-order valence-electron chi connectivity index (χ0n) is 11.0. The minimum Gasteiger partial charge on any atom is -0.448 e. The fourth-order valence-corrected chi connectivity index (χ4v) is 2.73. The molecule has 0 aromatic rings. The van der Waals surface area contributed by atoms with E-state index >= 15 is 0 Å². The van der Waals surface area contributed by atoms with E-state index in [2.05, 4.69) is 4.90 Å². The number of morpholine rings is 1. The van der Waals surface area contributed by atoms with Gasteiger partial charge in [0.2, 0.25) is 0 Å². The molecule has 0 aliphatic carbocycles. The molecular weight excluding hydrogens is 271 g/mol. The molecule has 2 aliphatic heterocycles. The maximum absolute atomic E-state index is 12.4. The Morgan fingerprint density at radius 2 is 1.78 bits per heavy atom. The second kappa shape index (κ2) is 7.97. The van der Waals surface area contributed by atoms with Gasteiger partial charge >= 0.3 is 58.4 Å². The fraction of sp³-hybridized carbons (Fsp3) is 1.00. The molecule has 3 nitrogen and oxygen atoms in total. The van der Waals surface area contributed by atoms with Gasteiger partial charge in [-0.1, -0.05) is 0 Å². The number of ether oxygens (including phenoxy) is 1. The van der Waals surface area contributed by atoms with Crippen molar-refractivity contribution in [3.8, 4) is 0 Å². The van der Waals surface area contributed by atoms with Gasteiger partial charge in [0, 0.05) is 25.7 Å². The van der Waals surface area contributed by atoms with Crippen LogP contribution in [0.5, 0.6) is 0 Å². The van der Waals surface area contributed by atoms with Crippen LogP contribution < -0.4 is 51.4 Å². The quantitative estimate of drug-likeness (QED) is 0.569. The predicted molar refractivity (Wildman–Crippen MR) is 60.9 cm³/mol. The van der Waals surface area contributed by atoms with Gasteiger partial charge in [0.1, 0.15) is 0 Å². The molecule has 2 heterocycles. The maximum atomic E-state index is 12.4. The second-order valence-electron chi connectivity index (χ2n) is 4.91. The van der Waals surface area contributed by atoms with Crippen LogP contribution in [0.2, 0.25) is 0 Å². The van der Waals surface area contributed by atoms with Crippen molar-refractivity contribution in [1.29, 1.82) is 0 Å². The van der Waals surface area contributed by atoms with Crippen LogP contribution in [0.25, 0.3) is 0 Å². The van der Waals surface area contributed by atoms with E-state index in [0.717, 1.165) is 25.9 Å². The van der Waals surface area contributed by atoms with Gasteiger partial charge in [0.05, 0.1) is 13.2 Å². The average Bonchev–Trinajstić information content (AvgIpc) is 2.28. The Kier molecular flexibility index (Phi) is 7.72. The van der Waals surface area contributed by atoms with E-state index in [-0.39, 0.29) is 57.4 Å². The number of halogens is 3.